The predicted octanol–water partition coefficient (Wildman–Crippen LogP) is 4.20. The summed E-state index contributed by atoms with van der Waals surface area (Å²) in [5.74, 6) is 0.575. The van der Waals surface area contributed by atoms with Gasteiger partial charge in [-0.25, -0.2) is 0 Å². The molecule has 24 heavy (non-hydrogen) atoms. The van der Waals surface area contributed by atoms with E-state index in [1.165, 1.54) is 17.7 Å². The fourth-order valence-corrected chi connectivity index (χ4v) is 2.14. The van der Waals surface area contributed by atoms with E-state index in [0.29, 0.717) is 22.9 Å². The van der Waals surface area contributed by atoms with Crippen molar-refractivity contribution in [1.82, 2.24) is 0 Å². The zero-order valence-corrected chi connectivity index (χ0v) is 14.1. The van der Waals surface area contributed by atoms with E-state index in [1.807, 2.05) is 12.1 Å². The highest BCUT2D eigenvalue weighted by Gasteiger charge is 2.05. The van der Waals surface area contributed by atoms with Gasteiger partial charge >= 0.3 is 0 Å². The monoisotopic (exact) mass is 323 g/mol. The van der Waals surface area contributed by atoms with Crippen LogP contribution in [0.2, 0.25) is 0 Å². The molecule has 1 N–H and O–H groups in total. The lowest BCUT2D eigenvalue weighted by atomic mass is 10.0. The van der Waals surface area contributed by atoms with Crippen molar-refractivity contribution in [2.24, 2.45) is 0 Å². The molecule has 2 aromatic rings. The van der Waals surface area contributed by atoms with Crippen LogP contribution in [0.15, 0.2) is 60.7 Å². The third-order valence-electron chi connectivity index (χ3n) is 3.61. The minimum absolute atomic E-state index is 0.199. The van der Waals surface area contributed by atoms with Gasteiger partial charge in [-0.3, -0.25) is 9.59 Å². The van der Waals surface area contributed by atoms with Crippen LogP contribution in [0.3, 0.4) is 0 Å². The molecule has 2 aromatic carbocycles. The average Bonchev–Trinajstić information content (AvgIpc) is 2.60. The van der Waals surface area contributed by atoms with Crippen molar-refractivity contribution in [2.75, 3.05) is 12.4 Å². The molecule has 0 spiro atoms. The van der Waals surface area contributed by atoms with Crippen molar-refractivity contribution in [2.45, 2.75) is 19.8 Å². The number of nitrogens with one attached hydrogen (secondary N) is 1. The number of hydrogen-bond acceptors (Lipinski definition) is 3. The summed E-state index contributed by atoms with van der Waals surface area (Å²) in [6, 6.07) is 14.4. The van der Waals surface area contributed by atoms with Crippen LogP contribution in [0, 0.1) is 0 Å². The molecule has 0 unspecified atom stereocenters. The molecule has 0 heterocycles. The molecule has 0 atom stereocenters. The summed E-state index contributed by atoms with van der Waals surface area (Å²) in [6.45, 7) is 4.19. The topological polar surface area (TPSA) is 55.4 Å². The molecule has 0 radical (unpaired) electrons. The van der Waals surface area contributed by atoms with Crippen LogP contribution in [-0.4, -0.2) is 18.8 Å². The van der Waals surface area contributed by atoms with Crippen LogP contribution in [0.4, 0.5) is 5.69 Å². The lowest BCUT2D eigenvalue weighted by molar-refractivity contribution is -0.111. The average molecular weight is 323 g/mol. The van der Waals surface area contributed by atoms with Crippen LogP contribution in [0.5, 0.6) is 5.75 Å². The Hall–Kier alpha value is -2.88. The molecule has 2 rings (SSSR count). The van der Waals surface area contributed by atoms with E-state index in [4.69, 9.17) is 4.74 Å². The van der Waals surface area contributed by atoms with Gasteiger partial charge in [0.2, 0.25) is 5.91 Å². The van der Waals surface area contributed by atoms with Crippen molar-refractivity contribution in [3.8, 4) is 5.75 Å². The summed E-state index contributed by atoms with van der Waals surface area (Å²) >= 11 is 0. The number of allylic oxidation sites excluding steroid dienone is 1. The number of rotatable bonds is 6. The highest BCUT2D eigenvalue weighted by Crippen LogP contribution is 2.16. The van der Waals surface area contributed by atoms with Gasteiger partial charge in [-0.2, -0.15) is 0 Å². The third kappa shape index (κ3) is 4.81. The lowest BCUT2D eigenvalue weighted by Crippen LogP contribution is -2.08. The normalized spacial score (nSPS) is 10.8. The fourth-order valence-electron chi connectivity index (χ4n) is 2.14. The number of ether oxygens (including phenoxy) is 1. The Morgan fingerprint density at radius 1 is 0.958 bits per heavy atom. The zero-order valence-electron chi connectivity index (χ0n) is 14.1. The SMILES string of the molecule is COc1ccc(NC(=O)/C=C/C(=O)c2ccc(C(C)C)cc2)cc1. The van der Waals surface area contributed by atoms with Crippen molar-refractivity contribution in [1.29, 1.82) is 0 Å². The highest BCUT2D eigenvalue weighted by atomic mass is 16.5. The van der Waals surface area contributed by atoms with Gasteiger partial charge in [-0.05, 0) is 41.8 Å². The first-order valence-corrected chi connectivity index (χ1v) is 7.77. The molecule has 124 valence electrons. The Kier molecular flexibility index (Phi) is 5.90. The van der Waals surface area contributed by atoms with Crippen LogP contribution >= 0.6 is 0 Å². The van der Waals surface area contributed by atoms with Crippen molar-refractivity contribution in [3.63, 3.8) is 0 Å². The van der Waals surface area contributed by atoms with Gasteiger partial charge in [-0.1, -0.05) is 38.1 Å². The first kappa shape index (κ1) is 17.5. The maximum Gasteiger partial charge on any atom is 0.248 e. The van der Waals surface area contributed by atoms with E-state index in [0.717, 1.165) is 0 Å². The summed E-state index contributed by atoms with van der Waals surface area (Å²) in [5, 5.41) is 2.69. The molecule has 4 heteroatoms. The molecule has 1 amide bonds. The Morgan fingerprint density at radius 2 is 1.58 bits per heavy atom. The number of carbonyl (C=O) groups excluding carboxylic acids is 2. The first-order valence-electron chi connectivity index (χ1n) is 7.77. The number of methoxy groups -OCH3 is 1. The molecule has 0 aromatic heterocycles. The fraction of sp³-hybridized carbons (Fsp3) is 0.200. The van der Waals surface area contributed by atoms with E-state index < -0.39 is 0 Å². The van der Waals surface area contributed by atoms with Gasteiger partial charge in [0.05, 0.1) is 7.11 Å². The molecule has 0 bridgehead atoms. The molecule has 0 aliphatic rings. The second kappa shape index (κ2) is 8.11. The number of ketones is 1. The van der Waals surface area contributed by atoms with Gasteiger partial charge in [0.15, 0.2) is 5.78 Å². The van der Waals surface area contributed by atoms with Gasteiger partial charge in [0.1, 0.15) is 5.75 Å². The third-order valence-corrected chi connectivity index (χ3v) is 3.61. The lowest BCUT2D eigenvalue weighted by Gasteiger charge is -2.05. The molecular weight excluding hydrogens is 302 g/mol. The maximum absolute atomic E-state index is 12.1. The summed E-state index contributed by atoms with van der Waals surface area (Å²) < 4.78 is 5.05. The quantitative estimate of drug-likeness (QED) is 0.640. The largest absolute Gasteiger partial charge is 0.497 e. The summed E-state index contributed by atoms with van der Waals surface area (Å²) in [4.78, 5) is 23.9. The number of carbonyl (C=O) groups is 2. The Labute approximate surface area is 142 Å². The van der Waals surface area contributed by atoms with Gasteiger partial charge in [-0.15, -0.1) is 0 Å². The van der Waals surface area contributed by atoms with Crippen LogP contribution in [0.25, 0.3) is 0 Å². The van der Waals surface area contributed by atoms with Crippen molar-refractivity contribution < 1.29 is 14.3 Å². The molecule has 0 aliphatic heterocycles. The molecule has 0 saturated heterocycles. The smallest absolute Gasteiger partial charge is 0.248 e. The summed E-state index contributed by atoms with van der Waals surface area (Å²) in [7, 11) is 1.58. The Balaban J connectivity index is 1.95. The van der Waals surface area contributed by atoms with E-state index in [1.54, 1.807) is 43.5 Å². The summed E-state index contributed by atoms with van der Waals surface area (Å²) in [5.41, 5.74) is 2.37. The van der Waals surface area contributed by atoms with Crippen LogP contribution in [-0.2, 0) is 4.79 Å². The van der Waals surface area contributed by atoms with Gasteiger partial charge < -0.3 is 10.1 Å². The molecule has 0 fully saturated rings. The van der Waals surface area contributed by atoms with E-state index in [9.17, 15) is 9.59 Å². The maximum atomic E-state index is 12.1. The molecule has 0 saturated carbocycles. The van der Waals surface area contributed by atoms with E-state index >= 15 is 0 Å². The van der Waals surface area contributed by atoms with Crippen LogP contribution in [0.1, 0.15) is 35.7 Å². The molecular formula is C20H21NO3. The van der Waals surface area contributed by atoms with Crippen molar-refractivity contribution in [3.05, 3.63) is 71.8 Å². The van der Waals surface area contributed by atoms with E-state index in [2.05, 4.69) is 19.2 Å². The minimum atomic E-state index is -0.354. The number of anilines is 1. The minimum Gasteiger partial charge on any atom is -0.497 e. The van der Waals surface area contributed by atoms with Crippen molar-refractivity contribution >= 4 is 17.4 Å². The van der Waals surface area contributed by atoms with E-state index in [-0.39, 0.29) is 11.7 Å². The second-order valence-corrected chi connectivity index (χ2v) is 5.69. The number of hydrogen-bond donors (Lipinski definition) is 1. The molecule has 0 aliphatic carbocycles. The Bertz CT molecular complexity index is 728. The standard InChI is InChI=1S/C20H21NO3/c1-14(2)15-4-6-16(7-5-15)19(22)12-13-20(23)21-17-8-10-18(24-3)11-9-17/h4-14H,1-3H3,(H,21,23)/b13-12+. The second-order valence-electron chi connectivity index (χ2n) is 5.69. The van der Waals surface area contributed by atoms with Gasteiger partial charge in [0, 0.05) is 17.3 Å². The Morgan fingerprint density at radius 3 is 2.12 bits per heavy atom. The predicted molar refractivity (Wildman–Crippen MR) is 95.6 cm³/mol. The number of amides is 1. The molecule has 4 nitrogen and oxygen atoms in total. The first-order chi connectivity index (χ1) is 11.5. The van der Waals surface area contributed by atoms with Gasteiger partial charge in [0.25, 0.3) is 0 Å². The highest BCUT2D eigenvalue weighted by molar-refractivity contribution is 6.09. The zero-order chi connectivity index (χ0) is 17.5. The van der Waals surface area contributed by atoms with Crippen LogP contribution < -0.4 is 10.1 Å². The number of benzene rings is 2. The summed E-state index contributed by atoms with van der Waals surface area (Å²) in [6.07, 6.45) is 2.52.